The average Bonchev–Trinajstić information content (AvgIpc) is 3.48. The molecule has 2 aromatic rings. The van der Waals surface area contributed by atoms with E-state index in [0.717, 1.165) is 24.2 Å². The average molecular weight is 391 g/mol. The van der Waals surface area contributed by atoms with E-state index in [0.29, 0.717) is 16.5 Å². The molecule has 1 saturated carbocycles. The molecule has 2 aromatic carbocycles. The normalized spacial score (nSPS) is 14.9. The quantitative estimate of drug-likeness (QED) is 0.735. The van der Waals surface area contributed by atoms with Crippen molar-refractivity contribution in [1.29, 1.82) is 0 Å². The molecule has 144 valence electrons. The number of ether oxygens (including phenoxy) is 1. The second-order valence-corrected chi connectivity index (χ2v) is 7.44. The van der Waals surface area contributed by atoms with Crippen LogP contribution in [0, 0.1) is 11.7 Å². The highest BCUT2D eigenvalue weighted by Gasteiger charge is 2.33. The Morgan fingerprint density at radius 3 is 2.59 bits per heavy atom. The second kappa shape index (κ2) is 8.72. The van der Waals surface area contributed by atoms with Gasteiger partial charge in [-0.3, -0.25) is 9.69 Å². The van der Waals surface area contributed by atoms with Crippen LogP contribution in [0.1, 0.15) is 30.0 Å². The lowest BCUT2D eigenvalue weighted by Crippen LogP contribution is -2.37. The topological polar surface area (TPSA) is 41.6 Å². The minimum atomic E-state index is -0.358. The summed E-state index contributed by atoms with van der Waals surface area (Å²) >= 11 is 6.07. The van der Waals surface area contributed by atoms with Crippen LogP contribution in [0.4, 0.5) is 4.39 Å². The first-order valence-corrected chi connectivity index (χ1v) is 9.40. The van der Waals surface area contributed by atoms with Gasteiger partial charge in [0.05, 0.1) is 19.7 Å². The number of carbonyl (C=O) groups is 1. The lowest BCUT2D eigenvalue weighted by Gasteiger charge is -2.22. The summed E-state index contributed by atoms with van der Waals surface area (Å²) in [7, 11) is 3.41. The fourth-order valence-electron chi connectivity index (χ4n) is 3.19. The van der Waals surface area contributed by atoms with Crippen LogP contribution in [0.15, 0.2) is 42.5 Å². The van der Waals surface area contributed by atoms with Crippen LogP contribution in [0.25, 0.3) is 0 Å². The fourth-order valence-corrected chi connectivity index (χ4v) is 3.41. The summed E-state index contributed by atoms with van der Waals surface area (Å²) in [5.41, 5.74) is 1.48. The van der Waals surface area contributed by atoms with Gasteiger partial charge in [0.1, 0.15) is 11.6 Å². The molecule has 0 aromatic heterocycles. The Morgan fingerprint density at radius 2 is 2.00 bits per heavy atom. The van der Waals surface area contributed by atoms with E-state index in [1.165, 1.54) is 6.07 Å². The van der Waals surface area contributed by atoms with Gasteiger partial charge in [-0.15, -0.1) is 0 Å². The van der Waals surface area contributed by atoms with Crippen molar-refractivity contribution in [3.8, 4) is 5.75 Å². The van der Waals surface area contributed by atoms with Crippen LogP contribution in [-0.2, 0) is 11.3 Å². The summed E-state index contributed by atoms with van der Waals surface area (Å²) in [6.45, 7) is 0.444. The molecule has 1 aliphatic rings. The molecule has 0 saturated heterocycles. The Kier molecular flexibility index (Phi) is 6.34. The number of amides is 1. The first-order chi connectivity index (χ1) is 13.0. The summed E-state index contributed by atoms with van der Waals surface area (Å²) in [4.78, 5) is 14.3. The van der Waals surface area contributed by atoms with Crippen LogP contribution in [0.5, 0.6) is 5.75 Å². The van der Waals surface area contributed by atoms with Gasteiger partial charge >= 0.3 is 0 Å². The van der Waals surface area contributed by atoms with Crippen molar-refractivity contribution >= 4 is 17.5 Å². The van der Waals surface area contributed by atoms with Crippen LogP contribution in [-0.4, -0.2) is 31.5 Å². The molecule has 1 N–H and O–H groups in total. The van der Waals surface area contributed by atoms with Crippen molar-refractivity contribution in [2.45, 2.75) is 25.4 Å². The molecular weight excluding hydrogens is 367 g/mol. The number of hydrogen-bond acceptors (Lipinski definition) is 3. The molecule has 0 bridgehead atoms. The van der Waals surface area contributed by atoms with Gasteiger partial charge in [-0.05, 0) is 55.6 Å². The van der Waals surface area contributed by atoms with Crippen molar-refractivity contribution in [2.24, 2.45) is 5.92 Å². The zero-order valence-corrected chi connectivity index (χ0v) is 16.3. The van der Waals surface area contributed by atoms with Crippen molar-refractivity contribution in [3.63, 3.8) is 0 Å². The molecule has 1 unspecified atom stereocenters. The molecule has 27 heavy (non-hydrogen) atoms. The minimum absolute atomic E-state index is 0.00569. The fraction of sp³-hybridized carbons (Fsp3) is 0.381. The Labute approximate surface area is 164 Å². The highest BCUT2D eigenvalue weighted by molar-refractivity contribution is 6.31. The van der Waals surface area contributed by atoms with Gasteiger partial charge in [-0.1, -0.05) is 29.8 Å². The summed E-state index contributed by atoms with van der Waals surface area (Å²) in [5, 5.41) is 3.50. The van der Waals surface area contributed by atoms with Gasteiger partial charge in [0.15, 0.2) is 0 Å². The summed E-state index contributed by atoms with van der Waals surface area (Å²) in [6, 6.07) is 12.4. The van der Waals surface area contributed by atoms with Crippen LogP contribution < -0.4 is 10.1 Å². The van der Waals surface area contributed by atoms with E-state index < -0.39 is 0 Å². The number of halogens is 2. The first-order valence-electron chi connectivity index (χ1n) is 9.02. The third-order valence-corrected chi connectivity index (χ3v) is 5.14. The summed E-state index contributed by atoms with van der Waals surface area (Å²) in [6.07, 6.45) is 2.22. The highest BCUT2D eigenvalue weighted by Crippen LogP contribution is 2.41. The Morgan fingerprint density at radius 1 is 1.30 bits per heavy atom. The molecule has 0 radical (unpaired) electrons. The van der Waals surface area contributed by atoms with E-state index in [2.05, 4.69) is 5.32 Å². The predicted octanol–water partition coefficient (Wildman–Crippen LogP) is 4.19. The van der Waals surface area contributed by atoms with Crippen molar-refractivity contribution in [1.82, 2.24) is 10.2 Å². The van der Waals surface area contributed by atoms with E-state index in [9.17, 15) is 9.18 Å². The van der Waals surface area contributed by atoms with Crippen LogP contribution in [0.2, 0.25) is 5.02 Å². The highest BCUT2D eigenvalue weighted by atomic mass is 35.5. The largest absolute Gasteiger partial charge is 0.497 e. The predicted molar refractivity (Wildman–Crippen MR) is 104 cm³/mol. The number of rotatable bonds is 8. The summed E-state index contributed by atoms with van der Waals surface area (Å²) < 4.78 is 19.1. The third-order valence-electron chi connectivity index (χ3n) is 4.79. The molecule has 0 spiro atoms. The second-order valence-electron chi connectivity index (χ2n) is 7.03. The lowest BCUT2D eigenvalue weighted by atomic mass is 10.0. The molecule has 1 amide bonds. The minimum Gasteiger partial charge on any atom is -0.497 e. The van der Waals surface area contributed by atoms with Gasteiger partial charge < -0.3 is 10.1 Å². The number of carbonyl (C=O) groups excluding carboxylic acids is 1. The SMILES string of the molecule is COc1ccc(C(NC(=O)CN(C)Cc2c(F)cccc2Cl)C2CC2)cc1. The molecule has 6 heteroatoms. The number of benzene rings is 2. The molecule has 1 aliphatic carbocycles. The number of methoxy groups -OCH3 is 1. The zero-order chi connectivity index (χ0) is 19.4. The van der Waals surface area contributed by atoms with E-state index in [-0.39, 0.29) is 30.9 Å². The molecule has 0 heterocycles. The van der Waals surface area contributed by atoms with Crippen LogP contribution in [0.3, 0.4) is 0 Å². The number of hydrogen-bond donors (Lipinski definition) is 1. The van der Waals surface area contributed by atoms with E-state index in [1.807, 2.05) is 24.3 Å². The van der Waals surface area contributed by atoms with Gasteiger partial charge in [0.2, 0.25) is 5.91 Å². The van der Waals surface area contributed by atoms with E-state index in [1.54, 1.807) is 31.2 Å². The molecule has 0 aliphatic heterocycles. The third kappa shape index (κ3) is 5.21. The van der Waals surface area contributed by atoms with Gasteiger partial charge in [0.25, 0.3) is 0 Å². The Bertz CT molecular complexity index is 773. The molecule has 1 fully saturated rings. The lowest BCUT2D eigenvalue weighted by molar-refractivity contribution is -0.123. The Balaban J connectivity index is 1.60. The number of likely N-dealkylation sites (N-methyl/N-ethyl adjacent to an activating group) is 1. The molecule has 4 nitrogen and oxygen atoms in total. The van der Waals surface area contributed by atoms with Crippen molar-refractivity contribution in [3.05, 3.63) is 64.4 Å². The van der Waals surface area contributed by atoms with Crippen LogP contribution >= 0.6 is 11.6 Å². The van der Waals surface area contributed by atoms with Crippen molar-refractivity contribution in [2.75, 3.05) is 20.7 Å². The van der Waals surface area contributed by atoms with Gasteiger partial charge in [0, 0.05) is 17.1 Å². The molecular formula is C21H24ClFN2O2. The zero-order valence-electron chi connectivity index (χ0n) is 15.5. The summed E-state index contributed by atoms with van der Waals surface area (Å²) in [5.74, 6) is 0.816. The maximum absolute atomic E-state index is 13.9. The maximum Gasteiger partial charge on any atom is 0.234 e. The van der Waals surface area contributed by atoms with Gasteiger partial charge in [-0.25, -0.2) is 4.39 Å². The van der Waals surface area contributed by atoms with E-state index in [4.69, 9.17) is 16.3 Å². The van der Waals surface area contributed by atoms with Crippen molar-refractivity contribution < 1.29 is 13.9 Å². The number of nitrogens with one attached hydrogen (secondary N) is 1. The maximum atomic E-state index is 13.9. The molecule has 3 rings (SSSR count). The number of nitrogens with zero attached hydrogens (tertiary/aromatic N) is 1. The first kappa shape index (κ1) is 19.6. The monoisotopic (exact) mass is 390 g/mol. The van der Waals surface area contributed by atoms with E-state index >= 15 is 0 Å². The molecule has 1 atom stereocenters. The Hall–Kier alpha value is -2.11. The van der Waals surface area contributed by atoms with Gasteiger partial charge in [-0.2, -0.15) is 0 Å². The smallest absolute Gasteiger partial charge is 0.234 e. The standard InChI is InChI=1S/C21H24ClFN2O2/c1-25(12-17-18(22)4-3-5-19(17)23)13-20(26)24-21(14-6-7-14)15-8-10-16(27-2)11-9-15/h3-5,8-11,14,21H,6-7,12-13H2,1-2H3,(H,24,26).